The summed E-state index contributed by atoms with van der Waals surface area (Å²) in [4.78, 5) is 4.07. The summed E-state index contributed by atoms with van der Waals surface area (Å²) in [5.74, 6) is 0.787. The Kier molecular flexibility index (Phi) is 3.71. The summed E-state index contributed by atoms with van der Waals surface area (Å²) in [6.07, 6.45) is 6.23. The van der Waals surface area contributed by atoms with E-state index in [1.165, 1.54) is 5.56 Å². The first-order valence-corrected chi connectivity index (χ1v) is 7.21. The van der Waals surface area contributed by atoms with Crippen molar-refractivity contribution >= 4 is 0 Å². The molecule has 1 aromatic carbocycles. The summed E-state index contributed by atoms with van der Waals surface area (Å²) >= 11 is 0. The number of rotatable bonds is 2. The quantitative estimate of drug-likeness (QED) is 0.844. The summed E-state index contributed by atoms with van der Waals surface area (Å²) in [7, 11) is 0. The minimum Gasteiger partial charge on any atom is -0.318 e. The second-order valence-electron chi connectivity index (χ2n) is 5.49. The lowest BCUT2D eigenvalue weighted by molar-refractivity contribution is 0.261. The number of nitrogens with zero attached hydrogens (tertiary/aromatic N) is 4. The second kappa shape index (κ2) is 5.81. The Labute approximate surface area is 124 Å². The Bertz CT molecular complexity index is 690. The highest BCUT2D eigenvalue weighted by Gasteiger charge is 2.33. The standard InChI is InChI=1S/C17H16N4/c18-11-15-7-6-14(13-4-2-1-3-5-13)10-16(15)21-9-8-20-17(21)12-19/h1-5,8-9,14-16H,6-7,10H2. The summed E-state index contributed by atoms with van der Waals surface area (Å²) in [6.45, 7) is 0. The molecule has 2 aromatic rings. The summed E-state index contributed by atoms with van der Waals surface area (Å²) < 4.78 is 1.88. The van der Waals surface area contributed by atoms with E-state index in [0.29, 0.717) is 11.7 Å². The van der Waals surface area contributed by atoms with Crippen molar-refractivity contribution < 1.29 is 0 Å². The minimum absolute atomic E-state index is 0.0334. The van der Waals surface area contributed by atoms with Gasteiger partial charge in [0.05, 0.1) is 18.0 Å². The number of imidazole rings is 1. The van der Waals surface area contributed by atoms with Crippen molar-refractivity contribution in [3.05, 3.63) is 54.1 Å². The van der Waals surface area contributed by atoms with Crippen LogP contribution in [0.25, 0.3) is 0 Å². The van der Waals surface area contributed by atoms with Crippen LogP contribution in [0.3, 0.4) is 0 Å². The maximum Gasteiger partial charge on any atom is 0.213 e. The van der Waals surface area contributed by atoms with Gasteiger partial charge in [-0.2, -0.15) is 10.5 Å². The molecule has 1 saturated carbocycles. The third-order valence-electron chi connectivity index (χ3n) is 4.38. The summed E-state index contributed by atoms with van der Waals surface area (Å²) in [6, 6.07) is 15.0. The van der Waals surface area contributed by atoms with Gasteiger partial charge in [0.2, 0.25) is 5.82 Å². The largest absolute Gasteiger partial charge is 0.318 e. The van der Waals surface area contributed by atoms with Crippen LogP contribution >= 0.6 is 0 Å². The van der Waals surface area contributed by atoms with Gasteiger partial charge in [-0.1, -0.05) is 30.3 Å². The number of hydrogen-bond acceptors (Lipinski definition) is 3. The van der Waals surface area contributed by atoms with E-state index in [2.05, 4.69) is 41.4 Å². The van der Waals surface area contributed by atoms with E-state index in [1.54, 1.807) is 6.20 Å². The molecule has 1 aliphatic carbocycles. The average molecular weight is 276 g/mol. The molecule has 0 amide bonds. The van der Waals surface area contributed by atoms with Crippen molar-refractivity contribution in [3.8, 4) is 12.1 Å². The summed E-state index contributed by atoms with van der Waals surface area (Å²) in [5, 5.41) is 18.6. The zero-order valence-electron chi connectivity index (χ0n) is 11.7. The highest BCUT2D eigenvalue weighted by atomic mass is 15.1. The first-order valence-electron chi connectivity index (χ1n) is 7.21. The van der Waals surface area contributed by atoms with E-state index in [-0.39, 0.29) is 12.0 Å². The Morgan fingerprint density at radius 2 is 1.95 bits per heavy atom. The predicted molar refractivity (Wildman–Crippen MR) is 78.1 cm³/mol. The molecular weight excluding hydrogens is 260 g/mol. The van der Waals surface area contributed by atoms with Crippen LogP contribution in [-0.2, 0) is 0 Å². The summed E-state index contributed by atoms with van der Waals surface area (Å²) in [5.41, 5.74) is 1.32. The fourth-order valence-electron chi connectivity index (χ4n) is 3.30. The van der Waals surface area contributed by atoms with Crippen LogP contribution in [0.4, 0.5) is 0 Å². The lowest BCUT2D eigenvalue weighted by atomic mass is 9.76. The Balaban J connectivity index is 1.90. The Morgan fingerprint density at radius 3 is 2.67 bits per heavy atom. The monoisotopic (exact) mass is 276 g/mol. The van der Waals surface area contributed by atoms with Crippen LogP contribution in [0, 0.1) is 28.6 Å². The van der Waals surface area contributed by atoms with Crippen LogP contribution in [0.15, 0.2) is 42.7 Å². The lowest BCUT2D eigenvalue weighted by Gasteiger charge is -2.34. The molecule has 0 radical (unpaired) electrons. The normalized spacial score (nSPS) is 25.0. The van der Waals surface area contributed by atoms with Gasteiger partial charge >= 0.3 is 0 Å². The smallest absolute Gasteiger partial charge is 0.213 e. The molecule has 1 fully saturated rings. The molecule has 0 saturated heterocycles. The van der Waals surface area contributed by atoms with Gasteiger partial charge in [0.1, 0.15) is 6.07 Å². The molecule has 0 spiro atoms. The van der Waals surface area contributed by atoms with Gasteiger partial charge in [0.15, 0.2) is 0 Å². The van der Waals surface area contributed by atoms with Gasteiger partial charge in [0.25, 0.3) is 0 Å². The van der Waals surface area contributed by atoms with Gasteiger partial charge in [-0.25, -0.2) is 4.98 Å². The van der Waals surface area contributed by atoms with Gasteiger partial charge < -0.3 is 4.57 Å². The maximum absolute atomic E-state index is 9.41. The van der Waals surface area contributed by atoms with E-state index in [9.17, 15) is 5.26 Å². The third-order valence-corrected chi connectivity index (χ3v) is 4.38. The number of benzene rings is 1. The molecular formula is C17H16N4. The molecule has 3 unspecified atom stereocenters. The van der Waals surface area contributed by atoms with E-state index >= 15 is 0 Å². The van der Waals surface area contributed by atoms with Gasteiger partial charge in [-0.15, -0.1) is 0 Å². The molecule has 0 bridgehead atoms. The average Bonchev–Trinajstić information content (AvgIpc) is 3.03. The predicted octanol–water partition coefficient (Wildman–Crippen LogP) is 3.40. The van der Waals surface area contributed by atoms with Crippen LogP contribution in [-0.4, -0.2) is 9.55 Å². The molecule has 0 N–H and O–H groups in total. The van der Waals surface area contributed by atoms with Crippen molar-refractivity contribution in [3.63, 3.8) is 0 Å². The van der Waals surface area contributed by atoms with Crippen molar-refractivity contribution in [1.29, 1.82) is 10.5 Å². The SMILES string of the molecule is N#Cc1nccn1C1CC(c2ccccc2)CCC1C#N. The van der Waals surface area contributed by atoms with Crippen molar-refractivity contribution in [1.82, 2.24) is 9.55 Å². The van der Waals surface area contributed by atoms with E-state index in [0.717, 1.165) is 19.3 Å². The number of hydrogen-bond donors (Lipinski definition) is 0. The Morgan fingerprint density at radius 1 is 1.14 bits per heavy atom. The molecule has 1 heterocycles. The fourth-order valence-corrected chi connectivity index (χ4v) is 3.30. The van der Waals surface area contributed by atoms with Crippen molar-refractivity contribution in [2.75, 3.05) is 0 Å². The van der Waals surface area contributed by atoms with Gasteiger partial charge in [0, 0.05) is 12.4 Å². The minimum atomic E-state index is -0.0498. The topological polar surface area (TPSA) is 65.4 Å². The maximum atomic E-state index is 9.41. The molecule has 0 aliphatic heterocycles. The van der Waals surface area contributed by atoms with Crippen molar-refractivity contribution in [2.45, 2.75) is 31.2 Å². The van der Waals surface area contributed by atoms with Gasteiger partial charge in [-0.3, -0.25) is 0 Å². The molecule has 1 aromatic heterocycles. The zero-order valence-corrected chi connectivity index (χ0v) is 11.7. The molecule has 4 nitrogen and oxygen atoms in total. The van der Waals surface area contributed by atoms with E-state index < -0.39 is 0 Å². The molecule has 104 valence electrons. The zero-order chi connectivity index (χ0) is 14.7. The molecule has 1 aliphatic rings. The third kappa shape index (κ3) is 2.53. The second-order valence-corrected chi connectivity index (χ2v) is 5.49. The highest BCUT2D eigenvalue weighted by Crippen LogP contribution is 2.42. The Hall–Kier alpha value is -2.59. The molecule has 3 atom stereocenters. The molecule has 3 rings (SSSR count). The van der Waals surface area contributed by atoms with Crippen molar-refractivity contribution in [2.24, 2.45) is 5.92 Å². The first-order chi connectivity index (χ1) is 10.3. The van der Waals surface area contributed by atoms with E-state index in [1.807, 2.05) is 16.8 Å². The first kappa shape index (κ1) is 13.4. The fraction of sp³-hybridized carbons (Fsp3) is 0.353. The molecule has 21 heavy (non-hydrogen) atoms. The van der Waals surface area contributed by atoms with Crippen LogP contribution in [0.1, 0.15) is 42.6 Å². The number of nitriles is 2. The van der Waals surface area contributed by atoms with Crippen LogP contribution in [0.5, 0.6) is 0 Å². The number of aromatic nitrogens is 2. The molecule has 4 heteroatoms. The van der Waals surface area contributed by atoms with Crippen LogP contribution < -0.4 is 0 Å². The lowest BCUT2D eigenvalue weighted by Crippen LogP contribution is -2.26. The highest BCUT2D eigenvalue weighted by molar-refractivity contribution is 5.22. The van der Waals surface area contributed by atoms with E-state index in [4.69, 9.17) is 5.26 Å². The van der Waals surface area contributed by atoms with Gasteiger partial charge in [-0.05, 0) is 30.7 Å². The van der Waals surface area contributed by atoms with Crippen LogP contribution in [0.2, 0.25) is 0 Å².